The van der Waals surface area contributed by atoms with E-state index in [4.69, 9.17) is 8.83 Å². The van der Waals surface area contributed by atoms with Crippen molar-refractivity contribution in [2.75, 3.05) is 0 Å². The number of para-hydroxylation sites is 1. The summed E-state index contributed by atoms with van der Waals surface area (Å²) in [6.45, 7) is 5.60. The van der Waals surface area contributed by atoms with Gasteiger partial charge in [0.2, 0.25) is 5.91 Å². The standard InChI is InChI=1S/C27H24N2O6/c1-13-8-21-24(25-23(13)14(2)12-34-25)15(3)18(27(33)35-21)10-22(30)29-20(26(31)32)9-16-11-28-19-7-5-4-6-17(16)19/h4-8,11-12,20,28H,9-10H2,1-3H3,(H,29,30)(H,31,32)/t20-/m0/s1. The molecule has 0 fully saturated rings. The van der Waals surface area contributed by atoms with Crippen LogP contribution in [0, 0.1) is 20.8 Å². The van der Waals surface area contributed by atoms with E-state index in [0.29, 0.717) is 22.1 Å². The maximum atomic E-state index is 12.9. The molecule has 2 aromatic carbocycles. The van der Waals surface area contributed by atoms with Gasteiger partial charge in [0.05, 0.1) is 23.6 Å². The second kappa shape index (κ2) is 8.47. The first-order valence-electron chi connectivity index (χ1n) is 11.3. The Labute approximate surface area is 199 Å². The van der Waals surface area contributed by atoms with Crippen LogP contribution < -0.4 is 10.9 Å². The quantitative estimate of drug-likeness (QED) is 0.316. The number of hydrogen-bond donors (Lipinski definition) is 3. The molecule has 5 rings (SSSR count). The molecule has 0 aliphatic carbocycles. The van der Waals surface area contributed by atoms with Gasteiger partial charge < -0.3 is 24.2 Å². The van der Waals surface area contributed by atoms with Gasteiger partial charge in [-0.25, -0.2) is 9.59 Å². The second-order valence-electron chi connectivity index (χ2n) is 8.88. The fourth-order valence-corrected chi connectivity index (χ4v) is 4.80. The molecule has 35 heavy (non-hydrogen) atoms. The Bertz CT molecular complexity index is 1690. The predicted octanol–water partition coefficient (Wildman–Crippen LogP) is 4.30. The lowest BCUT2D eigenvalue weighted by molar-refractivity contribution is -0.141. The minimum absolute atomic E-state index is 0.0992. The molecule has 3 heterocycles. The molecule has 3 aromatic heterocycles. The van der Waals surface area contributed by atoms with E-state index in [1.165, 1.54) is 0 Å². The Morgan fingerprint density at radius 1 is 1.11 bits per heavy atom. The van der Waals surface area contributed by atoms with E-state index in [-0.39, 0.29) is 18.4 Å². The number of H-pyrrole nitrogens is 1. The topological polar surface area (TPSA) is 126 Å². The number of aryl methyl sites for hydroxylation is 3. The Balaban J connectivity index is 1.45. The summed E-state index contributed by atoms with van der Waals surface area (Å²) in [5.74, 6) is -1.74. The number of rotatable bonds is 6. The highest BCUT2D eigenvalue weighted by atomic mass is 16.4. The van der Waals surface area contributed by atoms with E-state index in [2.05, 4.69) is 10.3 Å². The third-order valence-electron chi connectivity index (χ3n) is 6.54. The number of aromatic nitrogens is 1. The van der Waals surface area contributed by atoms with Gasteiger partial charge in [-0.05, 0) is 55.2 Å². The monoisotopic (exact) mass is 472 g/mol. The van der Waals surface area contributed by atoms with Gasteiger partial charge in [0.25, 0.3) is 0 Å². The molecule has 178 valence electrons. The lowest BCUT2D eigenvalue weighted by Crippen LogP contribution is -2.43. The highest BCUT2D eigenvalue weighted by Gasteiger charge is 2.24. The largest absolute Gasteiger partial charge is 0.480 e. The van der Waals surface area contributed by atoms with E-state index in [9.17, 15) is 19.5 Å². The normalized spacial score (nSPS) is 12.4. The Kier molecular flexibility index (Phi) is 5.43. The van der Waals surface area contributed by atoms with Crippen LogP contribution in [0.1, 0.15) is 27.8 Å². The van der Waals surface area contributed by atoms with Crippen LogP contribution in [-0.4, -0.2) is 28.0 Å². The van der Waals surface area contributed by atoms with Gasteiger partial charge in [-0.1, -0.05) is 18.2 Å². The van der Waals surface area contributed by atoms with Gasteiger partial charge in [-0.2, -0.15) is 0 Å². The smallest absolute Gasteiger partial charge is 0.340 e. The summed E-state index contributed by atoms with van der Waals surface area (Å²) in [6.07, 6.45) is 3.18. The molecule has 0 aliphatic heterocycles. The van der Waals surface area contributed by atoms with Gasteiger partial charge in [-0.3, -0.25) is 4.79 Å². The van der Waals surface area contributed by atoms with Crippen molar-refractivity contribution in [1.82, 2.24) is 10.3 Å². The lowest BCUT2D eigenvalue weighted by atomic mass is 9.98. The number of hydrogen-bond acceptors (Lipinski definition) is 5. The van der Waals surface area contributed by atoms with Crippen LogP contribution in [-0.2, 0) is 22.4 Å². The van der Waals surface area contributed by atoms with E-state index >= 15 is 0 Å². The molecular weight excluding hydrogens is 448 g/mol. The maximum Gasteiger partial charge on any atom is 0.340 e. The van der Waals surface area contributed by atoms with Crippen molar-refractivity contribution in [3.8, 4) is 0 Å². The zero-order valence-corrected chi connectivity index (χ0v) is 19.5. The molecule has 8 heteroatoms. The van der Waals surface area contributed by atoms with Crippen LogP contribution in [0.4, 0.5) is 0 Å². The van der Waals surface area contributed by atoms with E-state index in [0.717, 1.165) is 33.0 Å². The summed E-state index contributed by atoms with van der Waals surface area (Å²) >= 11 is 0. The number of nitrogens with one attached hydrogen (secondary N) is 2. The fraction of sp³-hybridized carbons (Fsp3) is 0.222. The Morgan fingerprint density at radius 3 is 2.66 bits per heavy atom. The molecule has 0 saturated carbocycles. The third-order valence-corrected chi connectivity index (χ3v) is 6.54. The number of benzene rings is 2. The molecular formula is C27H24N2O6. The number of aliphatic carboxylic acids is 1. The minimum atomic E-state index is -1.16. The Morgan fingerprint density at radius 2 is 1.89 bits per heavy atom. The number of amides is 1. The molecule has 3 N–H and O–H groups in total. The van der Waals surface area contributed by atoms with Crippen LogP contribution >= 0.6 is 0 Å². The van der Waals surface area contributed by atoms with E-state index < -0.39 is 23.5 Å². The number of carboxylic acids is 1. The van der Waals surface area contributed by atoms with Gasteiger partial charge in [0.1, 0.15) is 17.2 Å². The van der Waals surface area contributed by atoms with Crippen molar-refractivity contribution >= 4 is 44.7 Å². The number of carbonyl (C=O) groups excluding carboxylic acids is 1. The zero-order chi connectivity index (χ0) is 24.9. The SMILES string of the molecule is Cc1coc2c1c(C)cc1oc(=O)c(CC(=O)N[C@@H](Cc3c[nH]c4ccccc34)C(=O)O)c(C)c12. The second-order valence-corrected chi connectivity index (χ2v) is 8.88. The van der Waals surface area contributed by atoms with Gasteiger partial charge in [0.15, 0.2) is 0 Å². The molecule has 1 amide bonds. The first kappa shape index (κ1) is 22.5. The molecule has 1 atom stereocenters. The van der Waals surface area contributed by atoms with Gasteiger partial charge in [0, 0.05) is 28.9 Å². The van der Waals surface area contributed by atoms with E-state index in [1.807, 2.05) is 38.1 Å². The zero-order valence-electron chi connectivity index (χ0n) is 19.5. The van der Waals surface area contributed by atoms with Crippen molar-refractivity contribution in [2.24, 2.45) is 0 Å². The van der Waals surface area contributed by atoms with Crippen molar-refractivity contribution in [2.45, 2.75) is 39.7 Å². The van der Waals surface area contributed by atoms with Crippen molar-refractivity contribution in [3.05, 3.63) is 81.0 Å². The van der Waals surface area contributed by atoms with Crippen LogP contribution in [0.25, 0.3) is 32.8 Å². The molecule has 0 aliphatic rings. The summed E-state index contributed by atoms with van der Waals surface area (Å²) in [5, 5.41) is 14.8. The fourth-order valence-electron chi connectivity index (χ4n) is 4.80. The summed E-state index contributed by atoms with van der Waals surface area (Å²) in [7, 11) is 0. The first-order chi connectivity index (χ1) is 16.7. The highest BCUT2D eigenvalue weighted by molar-refractivity contribution is 6.07. The maximum absolute atomic E-state index is 12.9. The minimum Gasteiger partial charge on any atom is -0.480 e. The van der Waals surface area contributed by atoms with Gasteiger partial charge in [-0.15, -0.1) is 0 Å². The molecule has 0 radical (unpaired) electrons. The molecule has 8 nitrogen and oxygen atoms in total. The number of aromatic amines is 1. The number of fused-ring (bicyclic) bond motifs is 4. The van der Waals surface area contributed by atoms with Crippen LogP contribution in [0.3, 0.4) is 0 Å². The molecule has 0 bridgehead atoms. The predicted molar refractivity (Wildman–Crippen MR) is 132 cm³/mol. The van der Waals surface area contributed by atoms with Crippen LogP contribution in [0.2, 0.25) is 0 Å². The Hall–Kier alpha value is -4.33. The van der Waals surface area contributed by atoms with Crippen molar-refractivity contribution in [1.29, 1.82) is 0 Å². The summed E-state index contributed by atoms with van der Waals surface area (Å²) in [6, 6.07) is 8.18. The average molecular weight is 472 g/mol. The molecule has 5 aromatic rings. The number of carboxylic acid groups (broad SMARTS) is 1. The molecule has 0 saturated heterocycles. The van der Waals surface area contributed by atoms with Crippen molar-refractivity contribution < 1.29 is 23.5 Å². The average Bonchev–Trinajstić information content (AvgIpc) is 3.40. The first-order valence-corrected chi connectivity index (χ1v) is 11.3. The van der Waals surface area contributed by atoms with Crippen LogP contribution in [0.15, 0.2) is 56.4 Å². The molecule has 0 unspecified atom stereocenters. The summed E-state index contributed by atoms with van der Waals surface area (Å²) in [4.78, 5) is 40.7. The third kappa shape index (κ3) is 3.86. The molecule has 0 spiro atoms. The highest BCUT2D eigenvalue weighted by Crippen LogP contribution is 2.34. The van der Waals surface area contributed by atoms with Crippen molar-refractivity contribution in [3.63, 3.8) is 0 Å². The van der Waals surface area contributed by atoms with Gasteiger partial charge >= 0.3 is 11.6 Å². The summed E-state index contributed by atoms with van der Waals surface area (Å²) < 4.78 is 11.3. The van der Waals surface area contributed by atoms with Crippen LogP contribution in [0.5, 0.6) is 0 Å². The summed E-state index contributed by atoms with van der Waals surface area (Å²) in [5.41, 5.74) is 4.66. The number of carbonyl (C=O) groups is 2. The lowest BCUT2D eigenvalue weighted by Gasteiger charge is -2.15. The number of furan rings is 1. The van der Waals surface area contributed by atoms with E-state index in [1.54, 1.807) is 25.5 Å².